The van der Waals surface area contributed by atoms with Crippen molar-refractivity contribution in [2.75, 3.05) is 16.8 Å². The Morgan fingerprint density at radius 1 is 1.15 bits per heavy atom. The van der Waals surface area contributed by atoms with Crippen molar-refractivity contribution in [3.05, 3.63) is 88.6 Å². The largest absolute Gasteiger partial charge is 0.362 e. The lowest BCUT2D eigenvalue weighted by Gasteiger charge is -2.28. The van der Waals surface area contributed by atoms with Crippen molar-refractivity contribution < 1.29 is 0 Å². The molecule has 1 aliphatic heterocycles. The fourth-order valence-corrected chi connectivity index (χ4v) is 4.32. The third-order valence-corrected chi connectivity index (χ3v) is 5.75. The molecule has 136 valence electrons. The second kappa shape index (κ2) is 8.18. The van der Waals surface area contributed by atoms with Gasteiger partial charge in [-0.3, -0.25) is 0 Å². The van der Waals surface area contributed by atoms with E-state index in [0.717, 1.165) is 36.8 Å². The molecule has 0 aliphatic carbocycles. The van der Waals surface area contributed by atoms with Gasteiger partial charge in [0, 0.05) is 48.7 Å². The van der Waals surface area contributed by atoms with E-state index in [1.54, 1.807) is 23.6 Å². The van der Waals surface area contributed by atoms with Crippen molar-refractivity contribution in [3.8, 4) is 0 Å². The van der Waals surface area contributed by atoms with Crippen LogP contribution in [0.2, 0.25) is 0 Å². The maximum atomic E-state index is 7.03. The highest BCUT2D eigenvalue weighted by Gasteiger charge is 2.18. The molecule has 0 spiro atoms. The van der Waals surface area contributed by atoms with Crippen molar-refractivity contribution in [2.45, 2.75) is 19.4 Å². The van der Waals surface area contributed by atoms with Crippen LogP contribution in [0.4, 0.5) is 10.8 Å². The van der Waals surface area contributed by atoms with Gasteiger partial charge in [0.05, 0.1) is 0 Å². The van der Waals surface area contributed by atoms with E-state index in [1.165, 1.54) is 27.8 Å². The molecule has 0 bridgehead atoms. The van der Waals surface area contributed by atoms with E-state index in [2.05, 4.69) is 57.7 Å². The van der Waals surface area contributed by atoms with Crippen LogP contribution in [0, 0.1) is 5.41 Å². The number of benzene rings is 2. The summed E-state index contributed by atoms with van der Waals surface area (Å²) in [7, 11) is 0. The van der Waals surface area contributed by atoms with Gasteiger partial charge in [0.25, 0.3) is 0 Å². The molecule has 0 saturated heterocycles. The number of allylic oxidation sites excluding steroid dienone is 1. The summed E-state index contributed by atoms with van der Waals surface area (Å²) in [6.07, 6.45) is 8.67. The summed E-state index contributed by atoms with van der Waals surface area (Å²) in [4.78, 5) is 8.34. The summed E-state index contributed by atoms with van der Waals surface area (Å²) in [5, 5.41) is 11.3. The molecule has 2 N–H and O–H groups in total. The molecule has 3 aromatic rings. The Morgan fingerprint density at radius 2 is 2.04 bits per heavy atom. The van der Waals surface area contributed by atoms with E-state index in [-0.39, 0.29) is 0 Å². The third-order valence-electron chi connectivity index (χ3n) is 4.69. The number of nitrogens with zero attached hydrogens (tertiary/aromatic N) is 2. The van der Waals surface area contributed by atoms with Crippen LogP contribution < -0.4 is 10.2 Å². The first kappa shape index (κ1) is 17.5. The molecule has 0 radical (unpaired) electrons. The number of thiazole rings is 1. The first-order valence-corrected chi connectivity index (χ1v) is 9.91. The fraction of sp³-hybridized carbons (Fsp3) is 0.182. The van der Waals surface area contributed by atoms with Gasteiger partial charge in [-0.2, -0.15) is 0 Å². The molecule has 0 atom stereocenters. The molecule has 4 nitrogen and oxygen atoms in total. The fourth-order valence-electron chi connectivity index (χ4n) is 3.35. The first-order valence-electron chi connectivity index (χ1n) is 9.09. The molecule has 0 amide bonds. The Morgan fingerprint density at radius 3 is 2.93 bits per heavy atom. The molecule has 5 heteroatoms. The second-order valence-corrected chi connectivity index (χ2v) is 7.69. The average molecular weight is 375 g/mol. The second-order valence-electron chi connectivity index (χ2n) is 6.60. The number of hydrogen-bond acceptors (Lipinski definition) is 5. The summed E-state index contributed by atoms with van der Waals surface area (Å²) in [5.41, 5.74) is 5.16. The zero-order valence-corrected chi connectivity index (χ0v) is 15.9. The lowest BCUT2D eigenvalue weighted by molar-refractivity contribution is 0.729. The molecule has 1 aliphatic rings. The molecule has 27 heavy (non-hydrogen) atoms. The summed E-state index contributed by atoms with van der Waals surface area (Å²) in [6.45, 7) is 1.98. The molecule has 2 aromatic carbocycles. The van der Waals surface area contributed by atoms with Crippen LogP contribution in [0.25, 0.3) is 0 Å². The van der Waals surface area contributed by atoms with E-state index in [4.69, 9.17) is 5.41 Å². The molecular weight excluding hydrogens is 352 g/mol. The molecule has 0 unspecified atom stereocenters. The van der Waals surface area contributed by atoms with Gasteiger partial charge in [-0.25, -0.2) is 4.98 Å². The van der Waals surface area contributed by atoms with E-state index >= 15 is 0 Å². The number of aromatic nitrogens is 1. The van der Waals surface area contributed by atoms with Crippen LogP contribution in [0.3, 0.4) is 0 Å². The number of nitrogens with one attached hydrogen (secondary N) is 2. The van der Waals surface area contributed by atoms with Gasteiger partial charge in [-0.05, 0) is 41.3 Å². The van der Waals surface area contributed by atoms with E-state index < -0.39 is 0 Å². The number of rotatable bonds is 6. The lowest BCUT2D eigenvalue weighted by Crippen LogP contribution is -2.30. The predicted octanol–water partition coefficient (Wildman–Crippen LogP) is 4.87. The van der Waals surface area contributed by atoms with Crippen molar-refractivity contribution in [1.29, 1.82) is 5.41 Å². The minimum Gasteiger partial charge on any atom is -0.362 e. The van der Waals surface area contributed by atoms with Crippen LogP contribution >= 0.6 is 11.3 Å². The zero-order chi connectivity index (χ0) is 18.5. The Labute approximate surface area is 163 Å². The maximum Gasteiger partial charge on any atom is 0.185 e. The Hall–Kier alpha value is -2.92. The van der Waals surface area contributed by atoms with Crippen molar-refractivity contribution >= 4 is 28.4 Å². The first-order chi connectivity index (χ1) is 13.3. The van der Waals surface area contributed by atoms with Crippen LogP contribution in [-0.2, 0) is 19.4 Å². The van der Waals surface area contributed by atoms with Crippen LogP contribution in [0.5, 0.6) is 0 Å². The third kappa shape index (κ3) is 4.26. The molecule has 0 saturated carbocycles. The Balaban J connectivity index is 1.44. The van der Waals surface area contributed by atoms with Gasteiger partial charge in [0.15, 0.2) is 5.13 Å². The summed E-state index contributed by atoms with van der Waals surface area (Å²) in [6, 6.07) is 17.1. The van der Waals surface area contributed by atoms with Gasteiger partial charge in [-0.1, -0.05) is 36.4 Å². The van der Waals surface area contributed by atoms with Crippen molar-refractivity contribution in [1.82, 2.24) is 4.98 Å². The Bertz CT molecular complexity index is 960. The van der Waals surface area contributed by atoms with Gasteiger partial charge in [0.1, 0.15) is 0 Å². The van der Waals surface area contributed by atoms with Gasteiger partial charge in [-0.15, -0.1) is 11.3 Å². The summed E-state index contributed by atoms with van der Waals surface area (Å²) >= 11 is 1.79. The number of fused-ring (bicyclic) bond motifs is 1. The minimum atomic E-state index is 0.881. The van der Waals surface area contributed by atoms with Gasteiger partial charge in [0.2, 0.25) is 0 Å². The number of anilines is 2. The highest BCUT2D eigenvalue weighted by atomic mass is 32.1. The van der Waals surface area contributed by atoms with Crippen LogP contribution in [0.15, 0.2) is 67.0 Å². The standard InChI is InChI=1S/C22H22N4S/c23-10-4-11-24-20-8-3-5-17(13-20)14-21-15-25-22(27-21)26-12-9-18-6-1-2-7-19(18)16-26/h1-8,10-11,13,15,23-24H,9,12,14,16H2/b11-4-,23-10?. The lowest BCUT2D eigenvalue weighted by atomic mass is 10.0. The van der Waals surface area contributed by atoms with Crippen molar-refractivity contribution in [3.63, 3.8) is 0 Å². The Kier molecular flexibility index (Phi) is 5.30. The van der Waals surface area contributed by atoms with E-state index in [9.17, 15) is 0 Å². The number of hydrogen-bond donors (Lipinski definition) is 2. The monoisotopic (exact) mass is 374 g/mol. The summed E-state index contributed by atoms with van der Waals surface area (Å²) < 4.78 is 0. The smallest absolute Gasteiger partial charge is 0.185 e. The average Bonchev–Trinajstić information content (AvgIpc) is 3.17. The van der Waals surface area contributed by atoms with Crippen molar-refractivity contribution in [2.24, 2.45) is 0 Å². The topological polar surface area (TPSA) is 52.0 Å². The highest BCUT2D eigenvalue weighted by Crippen LogP contribution is 2.29. The van der Waals surface area contributed by atoms with E-state index in [0.29, 0.717) is 0 Å². The maximum absolute atomic E-state index is 7.03. The van der Waals surface area contributed by atoms with Crippen LogP contribution in [-0.4, -0.2) is 17.7 Å². The minimum absolute atomic E-state index is 0.881. The normalized spacial score (nSPS) is 13.6. The predicted molar refractivity (Wildman–Crippen MR) is 114 cm³/mol. The van der Waals surface area contributed by atoms with Crippen LogP contribution in [0.1, 0.15) is 21.6 Å². The molecular formula is C22H22N4S. The highest BCUT2D eigenvalue weighted by molar-refractivity contribution is 7.15. The molecule has 4 rings (SSSR count). The molecule has 0 fully saturated rings. The quantitative estimate of drug-likeness (QED) is 0.605. The van der Waals surface area contributed by atoms with Gasteiger partial charge >= 0.3 is 0 Å². The van der Waals surface area contributed by atoms with E-state index in [1.807, 2.05) is 12.3 Å². The molecule has 2 heterocycles. The molecule has 1 aromatic heterocycles. The summed E-state index contributed by atoms with van der Waals surface area (Å²) in [5.74, 6) is 0. The van der Waals surface area contributed by atoms with Gasteiger partial charge < -0.3 is 15.6 Å². The zero-order valence-electron chi connectivity index (χ0n) is 15.1. The SMILES string of the molecule is N=C/C=C\Nc1cccc(Cc2cnc(N3CCc4ccccc4C3)s2)c1.